The summed E-state index contributed by atoms with van der Waals surface area (Å²) in [5.74, 6) is -0.786. The van der Waals surface area contributed by atoms with Crippen molar-refractivity contribution < 1.29 is 13.9 Å². The summed E-state index contributed by atoms with van der Waals surface area (Å²) in [7, 11) is 1.38. The highest BCUT2D eigenvalue weighted by atomic mass is 19.1. The summed E-state index contributed by atoms with van der Waals surface area (Å²) in [4.78, 5) is 12.0. The SMILES string of the molecule is CCc1ccc(NC(=O)c2ccc(OC)c(F)c2)cc1. The Balaban J connectivity index is 2.12. The third-order valence-electron chi connectivity index (χ3n) is 3.03. The Bertz CT molecular complexity index is 608. The molecule has 104 valence electrons. The molecule has 0 fully saturated rings. The van der Waals surface area contributed by atoms with Gasteiger partial charge in [0.2, 0.25) is 0 Å². The predicted octanol–water partition coefficient (Wildman–Crippen LogP) is 3.65. The Labute approximate surface area is 117 Å². The van der Waals surface area contributed by atoms with E-state index < -0.39 is 5.82 Å². The van der Waals surface area contributed by atoms with Crippen LogP contribution in [0.5, 0.6) is 5.75 Å². The van der Waals surface area contributed by atoms with E-state index in [-0.39, 0.29) is 17.2 Å². The van der Waals surface area contributed by atoms with Crippen LogP contribution in [0.3, 0.4) is 0 Å². The van der Waals surface area contributed by atoms with Crippen LogP contribution in [0.1, 0.15) is 22.8 Å². The zero-order valence-corrected chi connectivity index (χ0v) is 11.4. The highest BCUT2D eigenvalue weighted by Gasteiger charge is 2.10. The number of aryl methyl sites for hydroxylation is 1. The van der Waals surface area contributed by atoms with E-state index in [0.29, 0.717) is 5.69 Å². The number of rotatable bonds is 4. The average Bonchev–Trinajstić information content (AvgIpc) is 2.48. The molecule has 0 aliphatic carbocycles. The maximum Gasteiger partial charge on any atom is 0.255 e. The number of nitrogens with one attached hydrogen (secondary N) is 1. The van der Waals surface area contributed by atoms with Crippen LogP contribution in [-0.2, 0) is 6.42 Å². The van der Waals surface area contributed by atoms with Crippen LogP contribution in [0.2, 0.25) is 0 Å². The summed E-state index contributed by atoms with van der Waals surface area (Å²) in [5.41, 5.74) is 2.13. The molecule has 0 aliphatic heterocycles. The van der Waals surface area contributed by atoms with Gasteiger partial charge in [-0.3, -0.25) is 4.79 Å². The van der Waals surface area contributed by atoms with Crippen LogP contribution in [0, 0.1) is 5.82 Å². The fourth-order valence-corrected chi connectivity index (χ4v) is 1.83. The third kappa shape index (κ3) is 3.15. The highest BCUT2D eigenvalue weighted by Crippen LogP contribution is 2.19. The minimum absolute atomic E-state index is 0.119. The number of carbonyl (C=O) groups is 1. The van der Waals surface area contributed by atoms with E-state index in [2.05, 4.69) is 12.2 Å². The van der Waals surface area contributed by atoms with Gasteiger partial charge in [-0.15, -0.1) is 0 Å². The van der Waals surface area contributed by atoms with E-state index in [1.54, 1.807) is 0 Å². The minimum Gasteiger partial charge on any atom is -0.494 e. The van der Waals surface area contributed by atoms with E-state index in [4.69, 9.17) is 4.74 Å². The first kappa shape index (κ1) is 14.1. The Morgan fingerprint density at radius 3 is 2.45 bits per heavy atom. The van der Waals surface area contributed by atoms with E-state index in [0.717, 1.165) is 12.5 Å². The van der Waals surface area contributed by atoms with Crippen molar-refractivity contribution in [2.24, 2.45) is 0 Å². The van der Waals surface area contributed by atoms with Gasteiger partial charge >= 0.3 is 0 Å². The number of halogens is 1. The van der Waals surface area contributed by atoms with Crippen molar-refractivity contribution in [3.63, 3.8) is 0 Å². The fraction of sp³-hybridized carbons (Fsp3) is 0.188. The van der Waals surface area contributed by atoms with Gasteiger partial charge in [-0.1, -0.05) is 19.1 Å². The van der Waals surface area contributed by atoms with Crippen LogP contribution >= 0.6 is 0 Å². The summed E-state index contributed by atoms with van der Waals surface area (Å²) in [5, 5.41) is 2.73. The number of anilines is 1. The van der Waals surface area contributed by atoms with E-state index in [1.165, 1.54) is 24.8 Å². The number of benzene rings is 2. The molecule has 0 bridgehead atoms. The third-order valence-corrected chi connectivity index (χ3v) is 3.03. The molecule has 0 radical (unpaired) electrons. The molecule has 2 aromatic carbocycles. The second-order valence-electron chi connectivity index (χ2n) is 4.35. The van der Waals surface area contributed by atoms with Crippen molar-refractivity contribution in [3.8, 4) is 5.75 Å². The summed E-state index contributed by atoms with van der Waals surface area (Å²) < 4.78 is 18.4. The predicted molar refractivity (Wildman–Crippen MR) is 76.7 cm³/mol. The summed E-state index contributed by atoms with van der Waals surface area (Å²) in [6.45, 7) is 2.06. The van der Waals surface area contributed by atoms with Gasteiger partial charge in [0, 0.05) is 11.3 Å². The Morgan fingerprint density at radius 1 is 1.20 bits per heavy atom. The van der Waals surface area contributed by atoms with Gasteiger partial charge in [0.15, 0.2) is 11.6 Å². The summed E-state index contributed by atoms with van der Waals surface area (Å²) >= 11 is 0. The lowest BCUT2D eigenvalue weighted by Crippen LogP contribution is -2.12. The number of hydrogen-bond donors (Lipinski definition) is 1. The fourth-order valence-electron chi connectivity index (χ4n) is 1.83. The molecule has 0 atom stereocenters. The van der Waals surface area contributed by atoms with E-state index >= 15 is 0 Å². The molecule has 2 rings (SSSR count). The quantitative estimate of drug-likeness (QED) is 0.923. The first-order chi connectivity index (χ1) is 9.63. The molecule has 0 unspecified atom stereocenters. The molecule has 0 saturated heterocycles. The lowest BCUT2D eigenvalue weighted by molar-refractivity contribution is 0.102. The highest BCUT2D eigenvalue weighted by molar-refractivity contribution is 6.04. The van der Waals surface area contributed by atoms with Gasteiger partial charge in [0.05, 0.1) is 7.11 Å². The van der Waals surface area contributed by atoms with Crippen molar-refractivity contribution in [2.45, 2.75) is 13.3 Å². The van der Waals surface area contributed by atoms with Gasteiger partial charge in [-0.25, -0.2) is 4.39 Å². The van der Waals surface area contributed by atoms with Crippen molar-refractivity contribution in [2.75, 3.05) is 12.4 Å². The topological polar surface area (TPSA) is 38.3 Å². The molecular formula is C16H16FNO2. The number of amides is 1. The molecule has 4 heteroatoms. The normalized spacial score (nSPS) is 10.2. The van der Waals surface area contributed by atoms with Gasteiger partial charge in [0.25, 0.3) is 5.91 Å². The molecular weight excluding hydrogens is 257 g/mol. The molecule has 0 saturated carbocycles. The number of hydrogen-bond acceptors (Lipinski definition) is 2. The maximum absolute atomic E-state index is 13.5. The first-order valence-electron chi connectivity index (χ1n) is 6.38. The Kier molecular flexibility index (Phi) is 4.35. The van der Waals surface area contributed by atoms with Gasteiger partial charge in [-0.2, -0.15) is 0 Å². The largest absolute Gasteiger partial charge is 0.494 e. The van der Waals surface area contributed by atoms with Crippen molar-refractivity contribution in [1.82, 2.24) is 0 Å². The zero-order valence-electron chi connectivity index (χ0n) is 11.4. The van der Waals surface area contributed by atoms with Gasteiger partial charge in [-0.05, 0) is 42.3 Å². The van der Waals surface area contributed by atoms with Crippen LogP contribution < -0.4 is 10.1 Å². The van der Waals surface area contributed by atoms with E-state index in [1.807, 2.05) is 24.3 Å². The number of ether oxygens (including phenoxy) is 1. The summed E-state index contributed by atoms with van der Waals surface area (Å²) in [6, 6.07) is 11.7. The van der Waals surface area contributed by atoms with E-state index in [9.17, 15) is 9.18 Å². The second kappa shape index (κ2) is 6.19. The maximum atomic E-state index is 13.5. The lowest BCUT2D eigenvalue weighted by atomic mass is 10.1. The smallest absolute Gasteiger partial charge is 0.255 e. The van der Waals surface area contributed by atoms with Crippen molar-refractivity contribution in [1.29, 1.82) is 0 Å². The standard InChI is InChI=1S/C16H16FNO2/c1-3-11-4-7-13(8-5-11)18-16(19)12-6-9-15(20-2)14(17)10-12/h4-10H,3H2,1-2H3,(H,18,19). The molecule has 0 aromatic heterocycles. The first-order valence-corrected chi connectivity index (χ1v) is 6.38. The van der Waals surface area contributed by atoms with Crippen molar-refractivity contribution >= 4 is 11.6 Å². The zero-order chi connectivity index (χ0) is 14.5. The van der Waals surface area contributed by atoms with Gasteiger partial charge in [0.1, 0.15) is 0 Å². The Morgan fingerprint density at radius 2 is 1.90 bits per heavy atom. The number of methoxy groups -OCH3 is 1. The minimum atomic E-state index is -0.554. The molecule has 0 heterocycles. The molecule has 3 nitrogen and oxygen atoms in total. The van der Waals surface area contributed by atoms with Crippen molar-refractivity contribution in [3.05, 3.63) is 59.4 Å². The Hall–Kier alpha value is -2.36. The van der Waals surface area contributed by atoms with Crippen LogP contribution in [0.25, 0.3) is 0 Å². The van der Waals surface area contributed by atoms with Gasteiger partial charge < -0.3 is 10.1 Å². The molecule has 20 heavy (non-hydrogen) atoms. The monoisotopic (exact) mass is 273 g/mol. The van der Waals surface area contributed by atoms with Crippen LogP contribution in [0.15, 0.2) is 42.5 Å². The average molecular weight is 273 g/mol. The second-order valence-corrected chi connectivity index (χ2v) is 4.35. The summed E-state index contributed by atoms with van der Waals surface area (Å²) in [6.07, 6.45) is 0.942. The molecule has 1 N–H and O–H groups in total. The molecule has 2 aromatic rings. The molecule has 1 amide bonds. The number of carbonyl (C=O) groups excluding carboxylic acids is 1. The molecule has 0 spiro atoms. The lowest BCUT2D eigenvalue weighted by Gasteiger charge is -2.07. The molecule has 0 aliphatic rings. The van der Waals surface area contributed by atoms with Crippen LogP contribution in [0.4, 0.5) is 10.1 Å². The van der Waals surface area contributed by atoms with Crippen LogP contribution in [-0.4, -0.2) is 13.0 Å².